The number of nitrogens with zero attached hydrogens (tertiary/aromatic N) is 1. The molecular formula is C16H23FN2O. The van der Waals surface area contributed by atoms with E-state index in [0.29, 0.717) is 12.0 Å². The van der Waals surface area contributed by atoms with Crippen LogP contribution in [0, 0.1) is 11.7 Å². The highest BCUT2D eigenvalue weighted by molar-refractivity contribution is 5.37. The van der Waals surface area contributed by atoms with Crippen LogP contribution in [0.3, 0.4) is 0 Å². The minimum Gasteiger partial charge on any atom is -0.488 e. The summed E-state index contributed by atoms with van der Waals surface area (Å²) in [6.07, 6.45) is 3.39. The highest BCUT2D eigenvalue weighted by atomic mass is 19.1. The van der Waals surface area contributed by atoms with E-state index in [1.807, 2.05) is 0 Å². The highest BCUT2D eigenvalue weighted by Gasteiger charge is 2.30. The number of piperidine rings is 1. The van der Waals surface area contributed by atoms with Gasteiger partial charge in [-0.15, -0.1) is 0 Å². The molecule has 2 aliphatic heterocycles. The molecule has 0 spiro atoms. The molecule has 0 bridgehead atoms. The lowest BCUT2D eigenvalue weighted by atomic mass is 9.93. The van der Waals surface area contributed by atoms with Crippen LogP contribution >= 0.6 is 0 Å². The van der Waals surface area contributed by atoms with Crippen LogP contribution in [-0.2, 0) is 6.42 Å². The molecule has 2 heterocycles. The van der Waals surface area contributed by atoms with Crippen molar-refractivity contribution in [3.05, 3.63) is 29.6 Å². The maximum atomic E-state index is 13.2. The normalized spacial score (nSPS) is 30.1. The first-order chi connectivity index (χ1) is 9.65. The molecule has 3 atom stereocenters. The van der Waals surface area contributed by atoms with E-state index in [9.17, 15) is 4.39 Å². The summed E-state index contributed by atoms with van der Waals surface area (Å²) in [7, 11) is 0. The number of halogens is 1. The number of hydrogen-bond donors (Lipinski definition) is 1. The third-order valence-corrected chi connectivity index (χ3v) is 4.64. The molecule has 2 N–H and O–H groups in total. The number of nitrogens with two attached hydrogens (primary N) is 1. The third-order valence-electron chi connectivity index (χ3n) is 4.64. The zero-order valence-electron chi connectivity index (χ0n) is 12.0. The number of benzene rings is 1. The lowest BCUT2D eigenvalue weighted by molar-refractivity contribution is 0.0745. The van der Waals surface area contributed by atoms with Crippen molar-refractivity contribution in [1.29, 1.82) is 0 Å². The summed E-state index contributed by atoms with van der Waals surface area (Å²) in [6.45, 7) is 5.00. The van der Waals surface area contributed by atoms with Crippen molar-refractivity contribution in [3.8, 4) is 5.75 Å². The second kappa shape index (κ2) is 5.70. The van der Waals surface area contributed by atoms with E-state index in [0.717, 1.165) is 37.4 Å². The van der Waals surface area contributed by atoms with Crippen molar-refractivity contribution in [2.24, 2.45) is 11.7 Å². The molecule has 3 unspecified atom stereocenters. The van der Waals surface area contributed by atoms with Gasteiger partial charge in [0.1, 0.15) is 17.7 Å². The second-order valence-corrected chi connectivity index (χ2v) is 6.18. The van der Waals surface area contributed by atoms with Gasteiger partial charge in [0.25, 0.3) is 0 Å². The van der Waals surface area contributed by atoms with Gasteiger partial charge in [0.2, 0.25) is 0 Å². The molecule has 110 valence electrons. The number of fused-ring (bicyclic) bond motifs is 1. The van der Waals surface area contributed by atoms with Crippen LogP contribution in [0.5, 0.6) is 5.75 Å². The van der Waals surface area contributed by atoms with Gasteiger partial charge in [-0.3, -0.25) is 4.90 Å². The summed E-state index contributed by atoms with van der Waals surface area (Å²) in [4.78, 5) is 2.48. The second-order valence-electron chi connectivity index (χ2n) is 6.18. The lowest BCUT2D eigenvalue weighted by Crippen LogP contribution is -2.47. The van der Waals surface area contributed by atoms with E-state index >= 15 is 0 Å². The predicted octanol–water partition coefficient (Wildman–Crippen LogP) is 2.19. The molecule has 1 fully saturated rings. The molecule has 0 aliphatic carbocycles. The van der Waals surface area contributed by atoms with Crippen LogP contribution in [0.1, 0.15) is 25.3 Å². The lowest BCUT2D eigenvalue weighted by Gasteiger charge is -2.38. The van der Waals surface area contributed by atoms with Crippen molar-refractivity contribution in [1.82, 2.24) is 4.90 Å². The van der Waals surface area contributed by atoms with Gasteiger partial charge in [-0.25, -0.2) is 4.39 Å². The monoisotopic (exact) mass is 278 g/mol. The molecule has 3 rings (SSSR count). The van der Waals surface area contributed by atoms with Crippen molar-refractivity contribution in [3.63, 3.8) is 0 Å². The zero-order valence-corrected chi connectivity index (χ0v) is 12.0. The molecule has 1 aromatic rings. The summed E-state index contributed by atoms with van der Waals surface area (Å²) in [5.41, 5.74) is 6.80. The minimum absolute atomic E-state index is 0.144. The summed E-state index contributed by atoms with van der Waals surface area (Å²) >= 11 is 0. The molecule has 0 amide bonds. The van der Waals surface area contributed by atoms with E-state index in [-0.39, 0.29) is 11.9 Å². The van der Waals surface area contributed by atoms with Crippen molar-refractivity contribution >= 4 is 0 Å². The first kappa shape index (κ1) is 13.8. The van der Waals surface area contributed by atoms with Crippen LogP contribution in [0.4, 0.5) is 4.39 Å². The maximum Gasteiger partial charge on any atom is 0.123 e. The summed E-state index contributed by atoms with van der Waals surface area (Å²) in [5.74, 6) is 1.27. The Morgan fingerprint density at radius 1 is 1.40 bits per heavy atom. The van der Waals surface area contributed by atoms with E-state index in [1.165, 1.54) is 18.9 Å². The van der Waals surface area contributed by atoms with Crippen molar-refractivity contribution < 1.29 is 9.13 Å². The quantitative estimate of drug-likeness (QED) is 0.921. The zero-order chi connectivity index (χ0) is 14.1. The molecule has 1 aromatic carbocycles. The fourth-order valence-corrected chi connectivity index (χ4v) is 3.36. The molecule has 0 saturated carbocycles. The average Bonchev–Trinajstić information content (AvgIpc) is 2.82. The van der Waals surface area contributed by atoms with Crippen molar-refractivity contribution in [2.75, 3.05) is 19.6 Å². The van der Waals surface area contributed by atoms with Gasteiger partial charge >= 0.3 is 0 Å². The molecule has 2 aliphatic rings. The van der Waals surface area contributed by atoms with Crippen LogP contribution in [-0.4, -0.2) is 36.7 Å². The van der Waals surface area contributed by atoms with Crippen LogP contribution < -0.4 is 10.5 Å². The largest absolute Gasteiger partial charge is 0.488 e. The topological polar surface area (TPSA) is 38.5 Å². The fourth-order valence-electron chi connectivity index (χ4n) is 3.36. The standard InChI is InChI=1S/C16H23FN2O/c1-11-2-3-12(8-18)9-19(11)10-15-7-13-6-14(17)4-5-16(13)20-15/h4-6,11-12,15H,2-3,7-10,18H2,1H3. The Morgan fingerprint density at radius 2 is 2.25 bits per heavy atom. The molecule has 0 aromatic heterocycles. The van der Waals surface area contributed by atoms with Crippen LogP contribution in [0.2, 0.25) is 0 Å². The summed E-state index contributed by atoms with van der Waals surface area (Å²) in [6, 6.07) is 5.39. The number of rotatable bonds is 3. The van der Waals surface area contributed by atoms with Gasteiger partial charge in [0, 0.05) is 31.1 Å². The third kappa shape index (κ3) is 2.81. The predicted molar refractivity (Wildman–Crippen MR) is 77.3 cm³/mol. The van der Waals surface area contributed by atoms with Crippen molar-refractivity contribution in [2.45, 2.75) is 38.3 Å². The fraction of sp³-hybridized carbons (Fsp3) is 0.625. The number of hydrogen-bond acceptors (Lipinski definition) is 3. The highest BCUT2D eigenvalue weighted by Crippen LogP contribution is 2.31. The number of ether oxygens (including phenoxy) is 1. The number of likely N-dealkylation sites (tertiary alicyclic amines) is 1. The van der Waals surface area contributed by atoms with Crippen LogP contribution in [0.25, 0.3) is 0 Å². The molecule has 20 heavy (non-hydrogen) atoms. The maximum absolute atomic E-state index is 13.2. The van der Waals surface area contributed by atoms with Crippen LogP contribution in [0.15, 0.2) is 18.2 Å². The molecule has 3 nitrogen and oxygen atoms in total. The van der Waals surface area contributed by atoms with E-state index in [2.05, 4.69) is 11.8 Å². The Bertz CT molecular complexity index is 480. The Hall–Kier alpha value is -1.13. The summed E-state index contributed by atoms with van der Waals surface area (Å²) in [5, 5.41) is 0. The molecule has 1 saturated heterocycles. The van der Waals surface area contributed by atoms with Gasteiger partial charge in [-0.2, -0.15) is 0 Å². The summed E-state index contributed by atoms with van der Waals surface area (Å²) < 4.78 is 19.2. The van der Waals surface area contributed by atoms with Gasteiger partial charge in [-0.1, -0.05) is 0 Å². The Balaban J connectivity index is 1.62. The van der Waals surface area contributed by atoms with Gasteiger partial charge in [0.15, 0.2) is 0 Å². The van der Waals surface area contributed by atoms with E-state index in [1.54, 1.807) is 12.1 Å². The van der Waals surface area contributed by atoms with Gasteiger partial charge < -0.3 is 10.5 Å². The Kier molecular flexibility index (Phi) is 3.94. The van der Waals surface area contributed by atoms with Gasteiger partial charge in [-0.05, 0) is 50.4 Å². The molecular weight excluding hydrogens is 255 g/mol. The molecule has 4 heteroatoms. The average molecular weight is 278 g/mol. The molecule has 0 radical (unpaired) electrons. The first-order valence-corrected chi connectivity index (χ1v) is 7.55. The van der Waals surface area contributed by atoms with Gasteiger partial charge in [0.05, 0.1) is 0 Å². The first-order valence-electron chi connectivity index (χ1n) is 7.55. The van der Waals surface area contributed by atoms with E-state index in [4.69, 9.17) is 10.5 Å². The smallest absolute Gasteiger partial charge is 0.123 e. The Morgan fingerprint density at radius 3 is 3.05 bits per heavy atom. The van der Waals surface area contributed by atoms with E-state index < -0.39 is 0 Å². The Labute approximate surface area is 119 Å². The minimum atomic E-state index is -0.178. The SMILES string of the molecule is CC1CCC(CN)CN1CC1Cc2cc(F)ccc2O1.